The van der Waals surface area contributed by atoms with Gasteiger partial charge in [-0.2, -0.15) is 0 Å². The molecular formula is C15H22BrNO2. The van der Waals surface area contributed by atoms with E-state index in [4.69, 9.17) is 0 Å². The summed E-state index contributed by atoms with van der Waals surface area (Å²) >= 11 is 3.42. The first-order chi connectivity index (χ1) is 8.85. The van der Waals surface area contributed by atoms with E-state index in [0.29, 0.717) is 12.1 Å². The number of rotatable bonds is 6. The van der Waals surface area contributed by atoms with E-state index in [0.717, 1.165) is 23.7 Å². The average molecular weight is 328 g/mol. The van der Waals surface area contributed by atoms with Gasteiger partial charge in [0.05, 0.1) is 0 Å². The Bertz CT molecular complexity index is 444. The summed E-state index contributed by atoms with van der Waals surface area (Å²) < 4.78 is 0. The molecule has 0 unspecified atom stereocenters. The molecular weight excluding hydrogens is 306 g/mol. The Kier molecular flexibility index (Phi) is 5.85. The van der Waals surface area contributed by atoms with Crippen LogP contribution in [0.2, 0.25) is 0 Å². The van der Waals surface area contributed by atoms with Crippen molar-refractivity contribution in [3.63, 3.8) is 0 Å². The Morgan fingerprint density at radius 1 is 1.42 bits per heavy atom. The molecule has 4 heteroatoms. The maximum absolute atomic E-state index is 12.1. The van der Waals surface area contributed by atoms with Crippen molar-refractivity contribution in [1.29, 1.82) is 0 Å². The average Bonchev–Trinajstić information content (AvgIpc) is 2.34. The number of hydrogen-bond acceptors (Lipinski definition) is 2. The lowest BCUT2D eigenvalue weighted by molar-refractivity contribution is 0.0934. The highest BCUT2D eigenvalue weighted by atomic mass is 79.9. The summed E-state index contributed by atoms with van der Waals surface area (Å²) in [6, 6.07) is 4.80. The monoisotopic (exact) mass is 327 g/mol. The van der Waals surface area contributed by atoms with Crippen LogP contribution in [0.3, 0.4) is 0 Å². The molecule has 19 heavy (non-hydrogen) atoms. The van der Waals surface area contributed by atoms with Gasteiger partial charge in [-0.25, -0.2) is 0 Å². The number of alkyl halides is 1. The Morgan fingerprint density at radius 2 is 2.11 bits per heavy atom. The van der Waals surface area contributed by atoms with Gasteiger partial charge in [-0.3, -0.25) is 4.79 Å². The third-order valence-corrected chi connectivity index (χ3v) is 3.73. The van der Waals surface area contributed by atoms with Gasteiger partial charge in [-0.1, -0.05) is 29.8 Å². The fourth-order valence-corrected chi connectivity index (χ4v) is 2.23. The van der Waals surface area contributed by atoms with Crippen LogP contribution in [0, 0.1) is 12.3 Å². The normalized spacial score (nSPS) is 11.4. The van der Waals surface area contributed by atoms with Crippen molar-refractivity contribution in [2.24, 2.45) is 5.41 Å². The third kappa shape index (κ3) is 5.23. The van der Waals surface area contributed by atoms with Crippen molar-refractivity contribution in [2.45, 2.75) is 33.6 Å². The fraction of sp³-hybridized carbons (Fsp3) is 0.533. The Hall–Kier alpha value is -1.03. The number of halogens is 1. The molecule has 0 aliphatic carbocycles. The minimum atomic E-state index is -0.0792. The number of aromatic hydroxyl groups is 1. The fourth-order valence-electron chi connectivity index (χ4n) is 1.95. The van der Waals surface area contributed by atoms with Crippen molar-refractivity contribution in [2.75, 3.05) is 11.9 Å². The van der Waals surface area contributed by atoms with Crippen molar-refractivity contribution in [3.8, 4) is 5.75 Å². The Balaban J connectivity index is 2.60. The van der Waals surface area contributed by atoms with E-state index < -0.39 is 0 Å². The SMILES string of the molecule is Cc1cc(O)ccc1C(=O)NCC(C)(C)CCCBr. The van der Waals surface area contributed by atoms with E-state index in [1.54, 1.807) is 12.1 Å². The maximum Gasteiger partial charge on any atom is 0.251 e. The summed E-state index contributed by atoms with van der Waals surface area (Å²) in [5, 5.41) is 13.3. The second-order valence-corrected chi connectivity index (χ2v) is 6.43. The lowest BCUT2D eigenvalue weighted by Gasteiger charge is -2.24. The smallest absolute Gasteiger partial charge is 0.251 e. The highest BCUT2D eigenvalue weighted by Crippen LogP contribution is 2.22. The largest absolute Gasteiger partial charge is 0.508 e. The molecule has 2 N–H and O–H groups in total. The molecule has 0 heterocycles. The molecule has 1 amide bonds. The number of carbonyl (C=O) groups excluding carboxylic acids is 1. The standard InChI is InChI=1S/C15H22BrNO2/c1-11-9-12(18)5-6-13(11)14(19)17-10-15(2,3)7-4-8-16/h5-6,9,18H,4,7-8,10H2,1-3H3,(H,17,19). The maximum atomic E-state index is 12.1. The zero-order chi connectivity index (χ0) is 14.5. The van der Waals surface area contributed by atoms with Gasteiger partial charge in [-0.15, -0.1) is 0 Å². The molecule has 1 rings (SSSR count). The number of aryl methyl sites for hydroxylation is 1. The predicted molar refractivity (Wildman–Crippen MR) is 82.0 cm³/mol. The molecule has 0 saturated carbocycles. The van der Waals surface area contributed by atoms with Gasteiger partial charge in [0.1, 0.15) is 5.75 Å². The molecule has 0 atom stereocenters. The van der Waals surface area contributed by atoms with E-state index in [-0.39, 0.29) is 17.1 Å². The molecule has 0 fully saturated rings. The number of hydrogen-bond donors (Lipinski definition) is 2. The summed E-state index contributed by atoms with van der Waals surface area (Å²) in [4.78, 5) is 12.1. The van der Waals surface area contributed by atoms with E-state index in [9.17, 15) is 9.90 Å². The van der Waals surface area contributed by atoms with Gasteiger partial charge in [0.2, 0.25) is 0 Å². The van der Waals surface area contributed by atoms with E-state index in [1.165, 1.54) is 6.07 Å². The van der Waals surface area contributed by atoms with Gasteiger partial charge in [-0.05, 0) is 48.9 Å². The first-order valence-corrected chi connectivity index (χ1v) is 7.62. The van der Waals surface area contributed by atoms with Crippen LogP contribution < -0.4 is 5.32 Å². The second kappa shape index (κ2) is 6.94. The first-order valence-electron chi connectivity index (χ1n) is 6.49. The molecule has 106 valence electrons. The van der Waals surface area contributed by atoms with Crippen LogP contribution in [0.25, 0.3) is 0 Å². The molecule has 3 nitrogen and oxygen atoms in total. The van der Waals surface area contributed by atoms with Crippen LogP contribution in [-0.4, -0.2) is 22.9 Å². The molecule has 0 aromatic heterocycles. The van der Waals surface area contributed by atoms with Gasteiger partial charge in [0.25, 0.3) is 5.91 Å². The number of phenols is 1. The summed E-state index contributed by atoms with van der Waals surface area (Å²) in [6.45, 7) is 6.78. The lowest BCUT2D eigenvalue weighted by atomic mass is 9.88. The highest BCUT2D eigenvalue weighted by Gasteiger charge is 2.19. The molecule has 0 spiro atoms. The Morgan fingerprint density at radius 3 is 2.68 bits per heavy atom. The number of amides is 1. The number of phenolic OH excluding ortho intramolecular Hbond substituents is 1. The van der Waals surface area contributed by atoms with E-state index in [2.05, 4.69) is 35.1 Å². The minimum absolute atomic E-state index is 0.0792. The van der Waals surface area contributed by atoms with Crippen LogP contribution >= 0.6 is 15.9 Å². The third-order valence-electron chi connectivity index (χ3n) is 3.17. The van der Waals surface area contributed by atoms with Crippen molar-refractivity contribution in [1.82, 2.24) is 5.32 Å². The summed E-state index contributed by atoms with van der Waals surface area (Å²) in [5.74, 6) is 0.108. The van der Waals surface area contributed by atoms with Crippen LogP contribution in [0.4, 0.5) is 0 Å². The molecule has 0 radical (unpaired) electrons. The van der Waals surface area contributed by atoms with Crippen LogP contribution in [0.1, 0.15) is 42.6 Å². The first kappa shape index (κ1) is 16.0. The highest BCUT2D eigenvalue weighted by molar-refractivity contribution is 9.09. The number of carbonyl (C=O) groups is 1. The van der Waals surface area contributed by atoms with Crippen LogP contribution in [0.15, 0.2) is 18.2 Å². The van der Waals surface area contributed by atoms with Crippen molar-refractivity contribution >= 4 is 21.8 Å². The van der Waals surface area contributed by atoms with E-state index in [1.807, 2.05) is 6.92 Å². The number of nitrogens with one attached hydrogen (secondary N) is 1. The molecule has 0 aliphatic rings. The van der Waals surface area contributed by atoms with Crippen molar-refractivity contribution < 1.29 is 9.90 Å². The van der Waals surface area contributed by atoms with Gasteiger partial charge in [0, 0.05) is 17.4 Å². The van der Waals surface area contributed by atoms with Crippen LogP contribution in [-0.2, 0) is 0 Å². The zero-order valence-corrected chi connectivity index (χ0v) is 13.4. The second-order valence-electron chi connectivity index (χ2n) is 5.64. The van der Waals surface area contributed by atoms with Gasteiger partial charge >= 0.3 is 0 Å². The predicted octanol–water partition coefficient (Wildman–Crippen LogP) is 3.63. The zero-order valence-electron chi connectivity index (χ0n) is 11.8. The van der Waals surface area contributed by atoms with Gasteiger partial charge < -0.3 is 10.4 Å². The minimum Gasteiger partial charge on any atom is -0.508 e. The summed E-state index contributed by atoms with van der Waals surface area (Å²) in [5.41, 5.74) is 1.50. The van der Waals surface area contributed by atoms with Crippen LogP contribution in [0.5, 0.6) is 5.75 Å². The molecule has 0 aliphatic heterocycles. The quantitative estimate of drug-likeness (QED) is 0.784. The summed E-state index contributed by atoms with van der Waals surface area (Å²) in [7, 11) is 0. The summed E-state index contributed by atoms with van der Waals surface area (Å²) in [6.07, 6.45) is 2.16. The molecule has 0 bridgehead atoms. The molecule has 0 saturated heterocycles. The molecule has 1 aromatic rings. The van der Waals surface area contributed by atoms with Crippen molar-refractivity contribution in [3.05, 3.63) is 29.3 Å². The van der Waals surface area contributed by atoms with E-state index >= 15 is 0 Å². The lowest BCUT2D eigenvalue weighted by Crippen LogP contribution is -2.34. The molecule has 1 aromatic carbocycles. The topological polar surface area (TPSA) is 49.3 Å². The number of benzene rings is 1. The Labute approximate surface area is 123 Å². The van der Waals surface area contributed by atoms with Gasteiger partial charge in [0.15, 0.2) is 0 Å².